The van der Waals surface area contributed by atoms with Crippen molar-refractivity contribution in [2.24, 2.45) is 0 Å². The second-order valence-corrected chi connectivity index (χ2v) is 3.25. The van der Waals surface area contributed by atoms with Gasteiger partial charge in [0.05, 0.1) is 0 Å². The molecule has 0 saturated heterocycles. The number of nitrogens with zero attached hydrogens (tertiary/aromatic N) is 1. The van der Waals surface area contributed by atoms with Crippen molar-refractivity contribution in [3.05, 3.63) is 22.7 Å². The molecule has 0 aliphatic heterocycles. The van der Waals surface area contributed by atoms with Crippen molar-refractivity contribution in [1.29, 1.82) is 0 Å². The van der Waals surface area contributed by atoms with Gasteiger partial charge in [0.25, 0.3) is 5.56 Å². The Morgan fingerprint density at radius 2 is 2.29 bits per heavy atom. The lowest BCUT2D eigenvalue weighted by molar-refractivity contribution is 0.684. The van der Waals surface area contributed by atoms with Crippen molar-refractivity contribution in [2.75, 3.05) is 11.9 Å². The van der Waals surface area contributed by atoms with E-state index in [9.17, 15) is 4.79 Å². The van der Waals surface area contributed by atoms with Gasteiger partial charge in [-0.3, -0.25) is 4.79 Å². The zero-order valence-corrected chi connectivity index (χ0v) is 8.55. The minimum absolute atomic E-state index is 0.150. The summed E-state index contributed by atoms with van der Waals surface area (Å²) in [6, 6.07) is 0. The van der Waals surface area contributed by atoms with Crippen LogP contribution in [0.25, 0.3) is 0 Å². The largest absolute Gasteiger partial charge is 0.365 e. The van der Waals surface area contributed by atoms with Crippen LogP contribution in [0, 0.1) is 0 Å². The number of hydrogen-bond acceptors (Lipinski definition) is 3. The van der Waals surface area contributed by atoms with Crippen LogP contribution in [-0.4, -0.2) is 16.5 Å². The van der Waals surface area contributed by atoms with Crippen LogP contribution in [0.15, 0.2) is 17.2 Å². The van der Waals surface area contributed by atoms with E-state index in [1.54, 1.807) is 6.20 Å². The number of aromatic nitrogens is 2. The number of rotatable bonds is 6. The smallest absolute Gasteiger partial charge is 0.290 e. The van der Waals surface area contributed by atoms with E-state index in [0.29, 0.717) is 5.82 Å². The normalized spacial score (nSPS) is 10.1. The van der Waals surface area contributed by atoms with Crippen LogP contribution < -0.4 is 10.9 Å². The van der Waals surface area contributed by atoms with Crippen molar-refractivity contribution in [3.8, 4) is 0 Å². The van der Waals surface area contributed by atoms with Gasteiger partial charge in [-0.2, -0.15) is 0 Å². The molecule has 1 rings (SSSR count). The summed E-state index contributed by atoms with van der Waals surface area (Å²) in [6.07, 6.45) is 7.88. The van der Waals surface area contributed by atoms with Crippen LogP contribution in [0.4, 0.5) is 5.82 Å². The van der Waals surface area contributed by atoms with Gasteiger partial charge >= 0.3 is 0 Å². The quantitative estimate of drug-likeness (QED) is 0.680. The predicted molar refractivity (Wildman–Crippen MR) is 57.5 cm³/mol. The lowest BCUT2D eigenvalue weighted by Crippen LogP contribution is -2.15. The van der Waals surface area contributed by atoms with Crippen molar-refractivity contribution < 1.29 is 0 Å². The summed E-state index contributed by atoms with van der Waals surface area (Å²) >= 11 is 0. The van der Waals surface area contributed by atoms with Gasteiger partial charge < -0.3 is 10.3 Å². The van der Waals surface area contributed by atoms with Crippen LogP contribution in [0.3, 0.4) is 0 Å². The van der Waals surface area contributed by atoms with Gasteiger partial charge in [-0.15, -0.1) is 0 Å². The SMILES string of the molecule is CCCCCCNc1ncc[nH]c1=O. The Kier molecular flexibility index (Phi) is 4.75. The van der Waals surface area contributed by atoms with Gasteiger partial charge in [0.15, 0.2) is 5.82 Å². The minimum atomic E-state index is -0.150. The highest BCUT2D eigenvalue weighted by molar-refractivity contribution is 5.29. The fourth-order valence-corrected chi connectivity index (χ4v) is 1.24. The Bertz CT molecular complexity index is 308. The third kappa shape index (κ3) is 3.60. The lowest BCUT2D eigenvalue weighted by atomic mass is 10.2. The minimum Gasteiger partial charge on any atom is -0.365 e. The van der Waals surface area contributed by atoms with Crippen LogP contribution in [-0.2, 0) is 0 Å². The molecular formula is C10H17N3O. The molecule has 4 nitrogen and oxygen atoms in total. The van der Waals surface area contributed by atoms with Gasteiger partial charge in [-0.1, -0.05) is 26.2 Å². The van der Waals surface area contributed by atoms with Crippen LogP contribution in [0.5, 0.6) is 0 Å². The monoisotopic (exact) mass is 195 g/mol. The summed E-state index contributed by atoms with van der Waals surface area (Å²) in [5.74, 6) is 0.420. The molecule has 4 heteroatoms. The molecule has 2 N–H and O–H groups in total. The first kappa shape index (κ1) is 10.8. The molecule has 0 spiro atoms. The molecular weight excluding hydrogens is 178 g/mol. The Labute approximate surface area is 83.8 Å². The number of H-pyrrole nitrogens is 1. The van der Waals surface area contributed by atoms with E-state index in [0.717, 1.165) is 13.0 Å². The van der Waals surface area contributed by atoms with Gasteiger partial charge in [0, 0.05) is 18.9 Å². The fourth-order valence-electron chi connectivity index (χ4n) is 1.24. The lowest BCUT2D eigenvalue weighted by Gasteiger charge is -2.02. The molecule has 1 heterocycles. The molecule has 0 bridgehead atoms. The molecule has 0 saturated carbocycles. The summed E-state index contributed by atoms with van der Waals surface area (Å²) in [7, 11) is 0. The van der Waals surface area contributed by atoms with E-state index in [2.05, 4.69) is 22.2 Å². The van der Waals surface area contributed by atoms with Gasteiger partial charge in [0.2, 0.25) is 0 Å². The highest BCUT2D eigenvalue weighted by atomic mass is 16.1. The first-order valence-electron chi connectivity index (χ1n) is 5.12. The average Bonchev–Trinajstić information content (AvgIpc) is 2.20. The maximum absolute atomic E-state index is 11.2. The Balaban J connectivity index is 2.25. The van der Waals surface area contributed by atoms with Crippen LogP contribution in [0.1, 0.15) is 32.6 Å². The van der Waals surface area contributed by atoms with Gasteiger partial charge in [0.1, 0.15) is 0 Å². The van der Waals surface area contributed by atoms with Crippen molar-refractivity contribution in [3.63, 3.8) is 0 Å². The predicted octanol–water partition coefficient (Wildman–Crippen LogP) is 1.76. The Morgan fingerprint density at radius 1 is 1.43 bits per heavy atom. The zero-order chi connectivity index (χ0) is 10.2. The molecule has 78 valence electrons. The molecule has 14 heavy (non-hydrogen) atoms. The third-order valence-electron chi connectivity index (χ3n) is 2.03. The first-order valence-corrected chi connectivity index (χ1v) is 5.12. The highest BCUT2D eigenvalue weighted by Gasteiger charge is 1.96. The Hall–Kier alpha value is -1.32. The fraction of sp³-hybridized carbons (Fsp3) is 0.600. The summed E-state index contributed by atoms with van der Waals surface area (Å²) in [5.41, 5.74) is -0.150. The average molecular weight is 195 g/mol. The van der Waals surface area contributed by atoms with Crippen LogP contribution >= 0.6 is 0 Å². The van der Waals surface area contributed by atoms with E-state index in [4.69, 9.17) is 0 Å². The molecule has 1 aromatic rings. The molecule has 1 aromatic heterocycles. The molecule has 0 amide bonds. The number of hydrogen-bond donors (Lipinski definition) is 2. The second-order valence-electron chi connectivity index (χ2n) is 3.25. The van der Waals surface area contributed by atoms with Gasteiger partial charge in [-0.25, -0.2) is 4.98 Å². The molecule has 0 aliphatic carbocycles. The standard InChI is InChI=1S/C10H17N3O/c1-2-3-4-5-6-11-9-10(14)13-8-7-12-9/h7-8H,2-6H2,1H3,(H,11,12)(H,13,14). The number of nitrogens with one attached hydrogen (secondary N) is 2. The number of anilines is 1. The third-order valence-corrected chi connectivity index (χ3v) is 2.03. The van der Waals surface area contributed by atoms with E-state index >= 15 is 0 Å². The summed E-state index contributed by atoms with van der Waals surface area (Å²) < 4.78 is 0. The molecule has 0 fully saturated rings. The van der Waals surface area contributed by atoms with Crippen LogP contribution in [0.2, 0.25) is 0 Å². The topological polar surface area (TPSA) is 57.8 Å². The maximum atomic E-state index is 11.2. The van der Waals surface area contributed by atoms with Crippen molar-refractivity contribution in [1.82, 2.24) is 9.97 Å². The summed E-state index contributed by atoms with van der Waals surface area (Å²) in [6.45, 7) is 3.00. The number of unbranched alkanes of at least 4 members (excludes halogenated alkanes) is 3. The van der Waals surface area contributed by atoms with Crippen molar-refractivity contribution >= 4 is 5.82 Å². The van der Waals surface area contributed by atoms with Gasteiger partial charge in [-0.05, 0) is 6.42 Å². The summed E-state index contributed by atoms with van der Waals surface area (Å²) in [5, 5.41) is 3.02. The molecule has 0 aliphatic rings. The molecule has 0 radical (unpaired) electrons. The molecule has 0 atom stereocenters. The van der Waals surface area contributed by atoms with E-state index in [1.165, 1.54) is 25.5 Å². The van der Waals surface area contributed by atoms with Crippen molar-refractivity contribution in [2.45, 2.75) is 32.6 Å². The van der Waals surface area contributed by atoms with E-state index in [-0.39, 0.29) is 5.56 Å². The zero-order valence-electron chi connectivity index (χ0n) is 8.55. The molecule has 0 unspecified atom stereocenters. The van der Waals surface area contributed by atoms with E-state index < -0.39 is 0 Å². The van der Waals surface area contributed by atoms with E-state index in [1.807, 2.05) is 0 Å². The first-order chi connectivity index (χ1) is 6.84. The second kappa shape index (κ2) is 6.18. The number of aromatic amines is 1. The Morgan fingerprint density at radius 3 is 3.00 bits per heavy atom. The molecule has 0 aromatic carbocycles. The summed E-state index contributed by atoms with van der Waals surface area (Å²) in [4.78, 5) is 17.7. The highest BCUT2D eigenvalue weighted by Crippen LogP contribution is 1.99. The maximum Gasteiger partial charge on any atom is 0.290 e.